The number of aromatic nitrogens is 1. The van der Waals surface area contributed by atoms with Crippen molar-refractivity contribution in [3.05, 3.63) is 69.8 Å². The van der Waals surface area contributed by atoms with E-state index in [0.717, 1.165) is 27.5 Å². The lowest BCUT2D eigenvalue weighted by Gasteiger charge is -2.09. The van der Waals surface area contributed by atoms with Crippen LogP contribution in [0.3, 0.4) is 0 Å². The summed E-state index contributed by atoms with van der Waals surface area (Å²) in [7, 11) is 0. The number of halogens is 1. The van der Waals surface area contributed by atoms with E-state index >= 15 is 0 Å². The van der Waals surface area contributed by atoms with Crippen LogP contribution in [0.15, 0.2) is 53.1 Å². The largest absolute Gasteiger partial charge is 0.460 e. The number of hydrogen-bond acceptors (Lipinski definition) is 2. The molecule has 1 atom stereocenters. The Balaban J connectivity index is 1.99. The van der Waals surface area contributed by atoms with Crippen LogP contribution in [-0.2, 0) is 16.1 Å². The first kappa shape index (κ1) is 17.7. The fourth-order valence-electron chi connectivity index (χ4n) is 3.11. The first-order valence-electron chi connectivity index (χ1n) is 8.46. The monoisotopic (exact) mass is 399 g/mol. The SMILES string of the molecule is CC(C)c1ccc(Cn2cc(C(C)OC=O)c3cc(Br)ccc32)cc1. The fraction of sp³-hybridized carbons (Fsp3) is 0.286. The van der Waals surface area contributed by atoms with Gasteiger partial charge in [0.2, 0.25) is 0 Å². The molecule has 1 heterocycles. The van der Waals surface area contributed by atoms with Crippen LogP contribution < -0.4 is 0 Å². The van der Waals surface area contributed by atoms with Crippen molar-refractivity contribution in [1.82, 2.24) is 4.57 Å². The third-order valence-electron chi connectivity index (χ3n) is 4.57. The zero-order valence-corrected chi connectivity index (χ0v) is 16.3. The van der Waals surface area contributed by atoms with Gasteiger partial charge < -0.3 is 9.30 Å². The first-order chi connectivity index (χ1) is 12.0. The minimum atomic E-state index is -0.279. The zero-order valence-electron chi connectivity index (χ0n) is 14.7. The lowest BCUT2D eigenvalue weighted by Crippen LogP contribution is -2.00. The number of carbonyl (C=O) groups excluding carboxylic acids is 1. The molecule has 1 unspecified atom stereocenters. The van der Waals surface area contributed by atoms with E-state index in [9.17, 15) is 4.79 Å². The molecule has 1 aromatic heterocycles. The molecule has 0 amide bonds. The van der Waals surface area contributed by atoms with Crippen LogP contribution in [-0.4, -0.2) is 11.0 Å². The van der Waals surface area contributed by atoms with Gasteiger partial charge in [0.05, 0.1) is 0 Å². The van der Waals surface area contributed by atoms with Gasteiger partial charge in [-0.2, -0.15) is 0 Å². The summed E-state index contributed by atoms with van der Waals surface area (Å²) >= 11 is 3.53. The summed E-state index contributed by atoms with van der Waals surface area (Å²) in [5.74, 6) is 0.534. The second-order valence-corrected chi connectivity index (χ2v) is 7.56. The van der Waals surface area contributed by atoms with Gasteiger partial charge in [0.25, 0.3) is 6.47 Å². The molecule has 0 fully saturated rings. The van der Waals surface area contributed by atoms with Crippen molar-refractivity contribution in [2.75, 3.05) is 0 Å². The van der Waals surface area contributed by atoms with Gasteiger partial charge in [-0.15, -0.1) is 0 Å². The predicted octanol–water partition coefficient (Wildman–Crippen LogP) is 5.81. The van der Waals surface area contributed by atoms with E-state index in [1.165, 1.54) is 11.1 Å². The Morgan fingerprint density at radius 3 is 2.48 bits per heavy atom. The number of hydrogen-bond donors (Lipinski definition) is 0. The normalized spacial score (nSPS) is 12.5. The lowest BCUT2D eigenvalue weighted by molar-refractivity contribution is -0.133. The summed E-state index contributed by atoms with van der Waals surface area (Å²) in [5, 5.41) is 1.10. The molecule has 0 spiro atoms. The van der Waals surface area contributed by atoms with Crippen LogP contribution in [0.2, 0.25) is 0 Å². The van der Waals surface area contributed by atoms with E-state index in [4.69, 9.17) is 4.74 Å². The molecule has 0 N–H and O–H groups in total. The van der Waals surface area contributed by atoms with Crippen LogP contribution >= 0.6 is 15.9 Å². The molecule has 0 saturated carbocycles. The highest BCUT2D eigenvalue weighted by Crippen LogP contribution is 2.31. The molecule has 0 saturated heterocycles. The summed E-state index contributed by atoms with van der Waals surface area (Å²) < 4.78 is 8.40. The van der Waals surface area contributed by atoms with Crippen LogP contribution in [0.5, 0.6) is 0 Å². The smallest absolute Gasteiger partial charge is 0.293 e. The average molecular weight is 400 g/mol. The summed E-state index contributed by atoms with van der Waals surface area (Å²) in [6.07, 6.45) is 1.81. The molecule has 25 heavy (non-hydrogen) atoms. The van der Waals surface area contributed by atoms with E-state index in [1.54, 1.807) is 0 Å². The number of carbonyl (C=O) groups is 1. The Labute approximate surface area is 156 Å². The maximum Gasteiger partial charge on any atom is 0.293 e. The average Bonchev–Trinajstić information content (AvgIpc) is 2.93. The highest BCUT2D eigenvalue weighted by molar-refractivity contribution is 9.10. The van der Waals surface area contributed by atoms with Gasteiger partial charge in [-0.05, 0) is 42.2 Å². The van der Waals surface area contributed by atoms with Gasteiger partial charge in [0.15, 0.2) is 0 Å². The Kier molecular flexibility index (Phi) is 5.28. The van der Waals surface area contributed by atoms with E-state index in [1.807, 2.05) is 13.0 Å². The van der Waals surface area contributed by atoms with Crippen LogP contribution in [0.4, 0.5) is 0 Å². The Morgan fingerprint density at radius 2 is 1.84 bits per heavy atom. The van der Waals surface area contributed by atoms with Crippen molar-refractivity contribution in [1.29, 1.82) is 0 Å². The quantitative estimate of drug-likeness (QED) is 0.489. The molecule has 0 aliphatic heterocycles. The molecule has 2 aromatic carbocycles. The molecule has 0 aliphatic carbocycles. The summed E-state index contributed by atoms with van der Waals surface area (Å²) in [6, 6.07) is 15.0. The molecule has 0 aliphatic rings. The lowest BCUT2D eigenvalue weighted by atomic mass is 10.0. The molecule has 3 nitrogen and oxygen atoms in total. The van der Waals surface area contributed by atoms with Gasteiger partial charge in [-0.1, -0.05) is 54.0 Å². The van der Waals surface area contributed by atoms with Gasteiger partial charge >= 0.3 is 0 Å². The maximum atomic E-state index is 10.7. The van der Waals surface area contributed by atoms with Crippen LogP contribution in [0.1, 0.15) is 49.5 Å². The molecule has 0 bridgehead atoms. The van der Waals surface area contributed by atoms with E-state index < -0.39 is 0 Å². The fourth-order valence-corrected chi connectivity index (χ4v) is 3.47. The number of nitrogens with zero attached hydrogens (tertiary/aromatic N) is 1. The topological polar surface area (TPSA) is 31.2 Å². The molecule has 130 valence electrons. The summed E-state index contributed by atoms with van der Waals surface area (Å²) in [6.45, 7) is 7.59. The Bertz CT molecular complexity index is 881. The van der Waals surface area contributed by atoms with Gasteiger partial charge in [-0.3, -0.25) is 4.79 Å². The number of benzene rings is 2. The van der Waals surface area contributed by atoms with Crippen molar-refractivity contribution in [2.45, 2.75) is 39.3 Å². The second-order valence-electron chi connectivity index (χ2n) is 6.64. The number of ether oxygens (including phenoxy) is 1. The number of fused-ring (bicyclic) bond motifs is 1. The Hall–Kier alpha value is -2.07. The summed E-state index contributed by atoms with van der Waals surface area (Å²) in [5.41, 5.74) is 4.74. The highest BCUT2D eigenvalue weighted by Gasteiger charge is 2.15. The molecule has 4 heteroatoms. The predicted molar refractivity (Wildman–Crippen MR) is 105 cm³/mol. The maximum absolute atomic E-state index is 10.7. The van der Waals surface area contributed by atoms with Crippen molar-refractivity contribution in [3.8, 4) is 0 Å². The Morgan fingerprint density at radius 1 is 1.12 bits per heavy atom. The third-order valence-corrected chi connectivity index (χ3v) is 5.06. The van der Waals surface area contributed by atoms with Gasteiger partial charge in [0.1, 0.15) is 6.10 Å². The molecule has 3 aromatic rings. The van der Waals surface area contributed by atoms with Gasteiger partial charge in [0, 0.05) is 33.7 Å². The van der Waals surface area contributed by atoms with Crippen molar-refractivity contribution in [2.24, 2.45) is 0 Å². The first-order valence-corrected chi connectivity index (χ1v) is 9.25. The standard InChI is InChI=1S/C21H22BrNO2/c1-14(2)17-6-4-16(5-7-17)11-23-12-20(15(3)25-13-24)19-10-18(22)8-9-21(19)23/h4-10,12-15H,11H2,1-3H3. The van der Waals surface area contributed by atoms with E-state index in [2.05, 4.69) is 76.9 Å². The van der Waals surface area contributed by atoms with Crippen molar-refractivity contribution < 1.29 is 9.53 Å². The van der Waals surface area contributed by atoms with Crippen molar-refractivity contribution in [3.63, 3.8) is 0 Å². The second kappa shape index (κ2) is 7.44. The summed E-state index contributed by atoms with van der Waals surface area (Å²) in [4.78, 5) is 10.7. The van der Waals surface area contributed by atoms with Gasteiger partial charge in [-0.25, -0.2) is 0 Å². The van der Waals surface area contributed by atoms with E-state index in [-0.39, 0.29) is 6.10 Å². The molecule has 0 radical (unpaired) electrons. The molecular weight excluding hydrogens is 378 g/mol. The zero-order chi connectivity index (χ0) is 18.0. The van der Waals surface area contributed by atoms with Crippen molar-refractivity contribution >= 4 is 33.3 Å². The minimum Gasteiger partial charge on any atom is -0.460 e. The number of rotatable bonds is 6. The highest BCUT2D eigenvalue weighted by atomic mass is 79.9. The molecule has 3 rings (SSSR count). The van der Waals surface area contributed by atoms with Crippen LogP contribution in [0.25, 0.3) is 10.9 Å². The third kappa shape index (κ3) is 3.79. The molecular formula is C21H22BrNO2. The minimum absolute atomic E-state index is 0.279. The van der Waals surface area contributed by atoms with Crippen LogP contribution in [0, 0.1) is 0 Å². The van der Waals surface area contributed by atoms with E-state index in [0.29, 0.717) is 12.4 Å².